The fourth-order valence-electron chi connectivity index (χ4n) is 2.55. The second-order valence-electron chi connectivity index (χ2n) is 6.00. The van der Waals surface area contributed by atoms with E-state index in [1.165, 1.54) is 0 Å². The molecule has 0 saturated carbocycles. The normalized spacial score (nSPS) is 15.1. The summed E-state index contributed by atoms with van der Waals surface area (Å²) in [5.41, 5.74) is 0. The van der Waals surface area contributed by atoms with Gasteiger partial charge in [-0.2, -0.15) is 0 Å². The predicted octanol–water partition coefficient (Wildman–Crippen LogP) is 1.73. The lowest BCUT2D eigenvalue weighted by molar-refractivity contribution is 0.0765. The van der Waals surface area contributed by atoms with E-state index in [0.29, 0.717) is 25.4 Å². The zero-order chi connectivity index (χ0) is 16.9. The van der Waals surface area contributed by atoms with Crippen LogP contribution in [0.25, 0.3) is 0 Å². The number of ether oxygens (including phenoxy) is 1. The van der Waals surface area contributed by atoms with Crippen molar-refractivity contribution in [2.24, 2.45) is 5.92 Å². The van der Waals surface area contributed by atoms with Crippen LogP contribution in [0.3, 0.4) is 0 Å². The van der Waals surface area contributed by atoms with Gasteiger partial charge in [-0.05, 0) is 43.7 Å². The van der Waals surface area contributed by atoms with Crippen molar-refractivity contribution in [3.63, 3.8) is 0 Å². The Morgan fingerprint density at radius 1 is 0.783 bits per heavy atom. The van der Waals surface area contributed by atoms with Crippen LogP contribution in [-0.2, 0) is 0 Å². The molecule has 5 heteroatoms. The quantitative estimate of drug-likeness (QED) is 0.443. The molecule has 4 N–H and O–H groups in total. The number of rotatable bonds is 13. The van der Waals surface area contributed by atoms with Crippen LogP contribution < -0.4 is 4.74 Å². The van der Waals surface area contributed by atoms with E-state index in [9.17, 15) is 10.2 Å². The van der Waals surface area contributed by atoms with Crippen LogP contribution in [0.5, 0.6) is 5.75 Å². The molecule has 0 bridgehead atoms. The van der Waals surface area contributed by atoms with Crippen LogP contribution >= 0.6 is 0 Å². The highest BCUT2D eigenvalue weighted by molar-refractivity contribution is 5.20. The Morgan fingerprint density at radius 2 is 1.43 bits per heavy atom. The summed E-state index contributed by atoms with van der Waals surface area (Å²) >= 11 is 0. The molecule has 1 aromatic carbocycles. The lowest BCUT2D eigenvalue weighted by Crippen LogP contribution is -2.16. The van der Waals surface area contributed by atoms with Gasteiger partial charge in [0.05, 0.1) is 32.0 Å². The lowest BCUT2D eigenvalue weighted by atomic mass is 9.92. The Labute approximate surface area is 138 Å². The van der Waals surface area contributed by atoms with Crippen LogP contribution in [0, 0.1) is 5.92 Å². The average molecular weight is 326 g/mol. The van der Waals surface area contributed by atoms with Gasteiger partial charge in [0.15, 0.2) is 0 Å². The number of hydrogen-bond donors (Lipinski definition) is 4. The molecule has 0 aliphatic carbocycles. The maximum Gasteiger partial charge on any atom is 0.119 e. The third kappa shape index (κ3) is 9.56. The fourth-order valence-corrected chi connectivity index (χ4v) is 2.55. The predicted molar refractivity (Wildman–Crippen MR) is 89.3 cm³/mol. The summed E-state index contributed by atoms with van der Waals surface area (Å²) in [6.07, 6.45) is 3.23. The number of para-hydroxylation sites is 1. The van der Waals surface area contributed by atoms with E-state index in [2.05, 4.69) is 0 Å². The lowest BCUT2D eigenvalue weighted by Gasteiger charge is -2.19. The summed E-state index contributed by atoms with van der Waals surface area (Å²) in [5, 5.41) is 36.7. The molecule has 0 amide bonds. The van der Waals surface area contributed by atoms with Crippen molar-refractivity contribution in [3.8, 4) is 5.75 Å². The molecule has 5 nitrogen and oxygen atoms in total. The second kappa shape index (κ2) is 12.3. The Hall–Kier alpha value is -1.14. The molecule has 3 unspecified atom stereocenters. The first kappa shape index (κ1) is 19.9. The summed E-state index contributed by atoms with van der Waals surface area (Å²) in [6.45, 7) is 0.188. The minimum atomic E-state index is -0.671. The molecule has 0 fully saturated rings. The van der Waals surface area contributed by atoms with Crippen molar-refractivity contribution in [3.05, 3.63) is 30.3 Å². The van der Waals surface area contributed by atoms with Crippen molar-refractivity contribution >= 4 is 0 Å². The van der Waals surface area contributed by atoms with Gasteiger partial charge >= 0.3 is 0 Å². The van der Waals surface area contributed by atoms with E-state index in [4.69, 9.17) is 14.9 Å². The Kier molecular flexibility index (Phi) is 10.6. The standard InChI is InChI=1S/C18H30O5/c19-13-16(21)6-4-5-15(9-10-17(22)14-20)11-12-23-18-7-2-1-3-8-18/h1-3,7-8,15-17,19-22H,4-6,9-14H2. The first-order valence-electron chi connectivity index (χ1n) is 8.41. The van der Waals surface area contributed by atoms with E-state index >= 15 is 0 Å². The maximum absolute atomic E-state index is 9.51. The van der Waals surface area contributed by atoms with Gasteiger partial charge in [0.1, 0.15) is 5.75 Å². The number of aliphatic hydroxyl groups excluding tert-OH is 4. The maximum atomic E-state index is 9.51. The first-order valence-corrected chi connectivity index (χ1v) is 8.41. The molecule has 0 radical (unpaired) electrons. The van der Waals surface area contributed by atoms with E-state index in [1.54, 1.807) is 0 Å². The fraction of sp³-hybridized carbons (Fsp3) is 0.667. The minimum Gasteiger partial charge on any atom is -0.494 e. The zero-order valence-corrected chi connectivity index (χ0v) is 13.7. The van der Waals surface area contributed by atoms with E-state index < -0.39 is 12.2 Å². The third-order valence-electron chi connectivity index (χ3n) is 4.02. The van der Waals surface area contributed by atoms with E-state index in [0.717, 1.165) is 31.4 Å². The molecule has 132 valence electrons. The molecule has 0 heterocycles. The third-order valence-corrected chi connectivity index (χ3v) is 4.02. The summed E-state index contributed by atoms with van der Waals surface area (Å²) in [4.78, 5) is 0. The van der Waals surface area contributed by atoms with Crippen molar-refractivity contribution in [1.82, 2.24) is 0 Å². The minimum absolute atomic E-state index is 0.203. The summed E-state index contributed by atoms with van der Waals surface area (Å²) < 4.78 is 5.72. The molecular formula is C18H30O5. The summed E-state index contributed by atoms with van der Waals surface area (Å²) in [7, 11) is 0. The Balaban J connectivity index is 2.33. The van der Waals surface area contributed by atoms with Crippen molar-refractivity contribution in [2.75, 3.05) is 19.8 Å². The van der Waals surface area contributed by atoms with Crippen molar-refractivity contribution in [1.29, 1.82) is 0 Å². The molecule has 1 rings (SSSR count). The smallest absolute Gasteiger partial charge is 0.119 e. The highest BCUT2D eigenvalue weighted by atomic mass is 16.5. The first-order chi connectivity index (χ1) is 11.2. The van der Waals surface area contributed by atoms with Crippen LogP contribution in [0.15, 0.2) is 30.3 Å². The Morgan fingerprint density at radius 3 is 2.09 bits per heavy atom. The molecule has 23 heavy (non-hydrogen) atoms. The Bertz CT molecular complexity index is 384. The molecule has 0 aliphatic heterocycles. The van der Waals surface area contributed by atoms with Gasteiger partial charge in [-0.3, -0.25) is 0 Å². The van der Waals surface area contributed by atoms with Crippen molar-refractivity contribution < 1.29 is 25.2 Å². The average Bonchev–Trinajstić information content (AvgIpc) is 2.59. The zero-order valence-electron chi connectivity index (χ0n) is 13.7. The molecule has 0 aliphatic rings. The number of benzene rings is 1. The van der Waals surface area contributed by atoms with Crippen LogP contribution in [0.2, 0.25) is 0 Å². The van der Waals surface area contributed by atoms with Crippen LogP contribution in [0.1, 0.15) is 38.5 Å². The molecule has 3 atom stereocenters. The monoisotopic (exact) mass is 326 g/mol. The molecule has 0 saturated heterocycles. The van der Waals surface area contributed by atoms with E-state index in [-0.39, 0.29) is 13.2 Å². The van der Waals surface area contributed by atoms with Gasteiger partial charge in [0.25, 0.3) is 0 Å². The van der Waals surface area contributed by atoms with E-state index in [1.807, 2.05) is 30.3 Å². The summed E-state index contributed by atoms with van der Waals surface area (Å²) in [6, 6.07) is 9.64. The van der Waals surface area contributed by atoms with Gasteiger partial charge in [-0.15, -0.1) is 0 Å². The number of aliphatic hydroxyl groups is 4. The number of hydrogen-bond acceptors (Lipinski definition) is 5. The van der Waals surface area contributed by atoms with Gasteiger partial charge in [-0.1, -0.05) is 31.0 Å². The topological polar surface area (TPSA) is 90.2 Å². The van der Waals surface area contributed by atoms with Gasteiger partial charge in [0.2, 0.25) is 0 Å². The molecule has 1 aromatic rings. The SMILES string of the molecule is OCC(O)CCCC(CCOc1ccccc1)CCC(O)CO. The highest BCUT2D eigenvalue weighted by Gasteiger charge is 2.13. The van der Waals surface area contributed by atoms with Gasteiger partial charge < -0.3 is 25.2 Å². The van der Waals surface area contributed by atoms with Gasteiger partial charge in [0, 0.05) is 0 Å². The second-order valence-corrected chi connectivity index (χ2v) is 6.00. The molecular weight excluding hydrogens is 296 g/mol. The highest BCUT2D eigenvalue weighted by Crippen LogP contribution is 2.21. The summed E-state index contributed by atoms with van der Waals surface area (Å²) in [5.74, 6) is 1.21. The van der Waals surface area contributed by atoms with Crippen LogP contribution in [-0.4, -0.2) is 52.5 Å². The molecule has 0 spiro atoms. The largest absolute Gasteiger partial charge is 0.494 e. The van der Waals surface area contributed by atoms with Gasteiger partial charge in [-0.25, -0.2) is 0 Å². The van der Waals surface area contributed by atoms with Crippen molar-refractivity contribution in [2.45, 2.75) is 50.7 Å². The van der Waals surface area contributed by atoms with Crippen LogP contribution in [0.4, 0.5) is 0 Å². The molecule has 0 aromatic heterocycles.